The Labute approximate surface area is 145 Å². The van der Waals surface area contributed by atoms with Crippen molar-refractivity contribution in [1.82, 2.24) is 4.90 Å². The Hall–Kier alpha value is -1.43. The van der Waals surface area contributed by atoms with Crippen molar-refractivity contribution in [3.8, 4) is 0 Å². The highest BCUT2D eigenvalue weighted by atomic mass is 16.5. The molecule has 1 aliphatic heterocycles. The molecule has 0 radical (unpaired) electrons. The van der Waals surface area contributed by atoms with E-state index in [1.807, 2.05) is 37.3 Å². The van der Waals surface area contributed by atoms with Gasteiger partial charge in [0.2, 0.25) is 5.91 Å². The normalized spacial score (nSPS) is 18.7. The first-order chi connectivity index (χ1) is 11.7. The Morgan fingerprint density at radius 1 is 1.38 bits per heavy atom. The van der Waals surface area contributed by atoms with Crippen molar-refractivity contribution < 1.29 is 14.3 Å². The molecule has 24 heavy (non-hydrogen) atoms. The zero-order valence-electron chi connectivity index (χ0n) is 14.9. The molecule has 2 atom stereocenters. The van der Waals surface area contributed by atoms with Crippen molar-refractivity contribution in [2.45, 2.75) is 45.3 Å². The minimum absolute atomic E-state index is 0.0220. The van der Waals surface area contributed by atoms with E-state index >= 15 is 0 Å². The van der Waals surface area contributed by atoms with Gasteiger partial charge in [-0.15, -0.1) is 0 Å². The van der Waals surface area contributed by atoms with E-state index in [0.717, 1.165) is 44.6 Å². The molecule has 1 fully saturated rings. The van der Waals surface area contributed by atoms with Gasteiger partial charge in [0, 0.05) is 18.8 Å². The van der Waals surface area contributed by atoms with E-state index in [0.29, 0.717) is 13.2 Å². The standard InChI is InChI=1S/C19H30N2O3/c1-3-11-21(12-14-23-15-18-10-7-13-24-18)16(2)19(22)20-17-8-5-4-6-9-17/h4-6,8-9,16,18H,3,7,10-15H2,1-2H3,(H,20,22). The Balaban J connectivity index is 1.75. The van der Waals surface area contributed by atoms with Gasteiger partial charge in [-0.25, -0.2) is 0 Å². The number of amides is 1. The molecule has 0 saturated carbocycles. The molecule has 5 nitrogen and oxygen atoms in total. The summed E-state index contributed by atoms with van der Waals surface area (Å²) in [6.07, 6.45) is 3.49. The quantitative estimate of drug-likeness (QED) is 0.669. The summed E-state index contributed by atoms with van der Waals surface area (Å²) in [6.45, 7) is 7.85. The third kappa shape index (κ3) is 6.23. The van der Waals surface area contributed by atoms with Crippen LogP contribution in [0.1, 0.15) is 33.1 Å². The molecule has 1 saturated heterocycles. The zero-order valence-corrected chi connectivity index (χ0v) is 14.9. The molecule has 1 aromatic carbocycles. The van der Waals surface area contributed by atoms with Crippen LogP contribution in [0.15, 0.2) is 30.3 Å². The van der Waals surface area contributed by atoms with Crippen LogP contribution in [0.3, 0.4) is 0 Å². The molecule has 1 N–H and O–H groups in total. The van der Waals surface area contributed by atoms with Crippen molar-refractivity contribution in [2.24, 2.45) is 0 Å². The smallest absolute Gasteiger partial charge is 0.241 e. The first-order valence-corrected chi connectivity index (χ1v) is 9.00. The lowest BCUT2D eigenvalue weighted by Crippen LogP contribution is -2.44. The molecule has 1 aromatic rings. The molecule has 2 unspecified atom stereocenters. The predicted octanol–water partition coefficient (Wildman–Crippen LogP) is 2.92. The highest BCUT2D eigenvalue weighted by molar-refractivity contribution is 5.94. The Morgan fingerprint density at radius 2 is 2.17 bits per heavy atom. The predicted molar refractivity (Wildman–Crippen MR) is 96.2 cm³/mol. The zero-order chi connectivity index (χ0) is 17.2. The molecular weight excluding hydrogens is 304 g/mol. The topological polar surface area (TPSA) is 50.8 Å². The highest BCUT2D eigenvalue weighted by Crippen LogP contribution is 2.12. The van der Waals surface area contributed by atoms with Crippen molar-refractivity contribution in [3.63, 3.8) is 0 Å². The number of para-hydroxylation sites is 1. The fourth-order valence-corrected chi connectivity index (χ4v) is 2.89. The number of hydrogen-bond donors (Lipinski definition) is 1. The maximum absolute atomic E-state index is 12.5. The monoisotopic (exact) mass is 334 g/mol. The summed E-state index contributed by atoms with van der Waals surface area (Å²) in [5, 5.41) is 2.97. The van der Waals surface area contributed by atoms with Gasteiger partial charge < -0.3 is 14.8 Å². The summed E-state index contributed by atoms with van der Waals surface area (Å²) in [5.41, 5.74) is 0.834. The van der Waals surface area contributed by atoms with Gasteiger partial charge in [-0.3, -0.25) is 9.69 Å². The average Bonchev–Trinajstić information content (AvgIpc) is 3.11. The van der Waals surface area contributed by atoms with Gasteiger partial charge >= 0.3 is 0 Å². The second kappa shape index (κ2) is 10.4. The Kier molecular flexibility index (Phi) is 8.22. The maximum Gasteiger partial charge on any atom is 0.241 e. The molecule has 0 bridgehead atoms. The van der Waals surface area contributed by atoms with Gasteiger partial charge in [0.05, 0.1) is 25.4 Å². The van der Waals surface area contributed by atoms with Crippen LogP contribution in [-0.4, -0.2) is 55.9 Å². The largest absolute Gasteiger partial charge is 0.377 e. The van der Waals surface area contributed by atoms with Gasteiger partial charge in [0.15, 0.2) is 0 Å². The van der Waals surface area contributed by atoms with Gasteiger partial charge in [0.1, 0.15) is 0 Å². The van der Waals surface area contributed by atoms with Crippen LogP contribution >= 0.6 is 0 Å². The molecule has 1 aliphatic rings. The van der Waals surface area contributed by atoms with E-state index < -0.39 is 0 Å². The summed E-state index contributed by atoms with van der Waals surface area (Å²) in [5.74, 6) is 0.0220. The summed E-state index contributed by atoms with van der Waals surface area (Å²) in [4.78, 5) is 14.6. The summed E-state index contributed by atoms with van der Waals surface area (Å²) in [7, 11) is 0. The van der Waals surface area contributed by atoms with Crippen molar-refractivity contribution >= 4 is 11.6 Å². The molecule has 2 rings (SSSR count). The van der Waals surface area contributed by atoms with Gasteiger partial charge in [0.25, 0.3) is 0 Å². The van der Waals surface area contributed by atoms with E-state index in [9.17, 15) is 4.79 Å². The fraction of sp³-hybridized carbons (Fsp3) is 0.632. The SMILES string of the molecule is CCCN(CCOCC1CCCO1)C(C)C(=O)Nc1ccccc1. The number of nitrogens with zero attached hydrogens (tertiary/aromatic N) is 1. The lowest BCUT2D eigenvalue weighted by atomic mass is 10.2. The first kappa shape index (κ1) is 18.9. The number of hydrogen-bond acceptors (Lipinski definition) is 4. The molecule has 5 heteroatoms. The third-order valence-corrected chi connectivity index (χ3v) is 4.33. The minimum atomic E-state index is -0.184. The number of nitrogens with one attached hydrogen (secondary N) is 1. The molecule has 0 aliphatic carbocycles. The van der Waals surface area contributed by atoms with Gasteiger partial charge in [-0.05, 0) is 44.9 Å². The molecule has 1 heterocycles. The number of benzene rings is 1. The van der Waals surface area contributed by atoms with E-state index in [1.165, 1.54) is 0 Å². The number of anilines is 1. The van der Waals surface area contributed by atoms with Crippen LogP contribution in [0, 0.1) is 0 Å². The van der Waals surface area contributed by atoms with Crippen molar-refractivity contribution in [2.75, 3.05) is 38.2 Å². The molecule has 0 aromatic heterocycles. The first-order valence-electron chi connectivity index (χ1n) is 9.00. The minimum Gasteiger partial charge on any atom is -0.377 e. The summed E-state index contributed by atoms with van der Waals surface area (Å²) in [6, 6.07) is 9.40. The second-order valence-corrected chi connectivity index (χ2v) is 6.28. The van der Waals surface area contributed by atoms with Crippen LogP contribution in [-0.2, 0) is 14.3 Å². The van der Waals surface area contributed by atoms with Crippen molar-refractivity contribution in [1.29, 1.82) is 0 Å². The Bertz CT molecular complexity index is 475. The van der Waals surface area contributed by atoms with Crippen LogP contribution in [0.2, 0.25) is 0 Å². The molecule has 1 amide bonds. The maximum atomic E-state index is 12.5. The molecule has 134 valence electrons. The van der Waals surface area contributed by atoms with E-state index in [-0.39, 0.29) is 18.1 Å². The number of rotatable bonds is 10. The van der Waals surface area contributed by atoms with Crippen molar-refractivity contribution in [3.05, 3.63) is 30.3 Å². The van der Waals surface area contributed by atoms with Gasteiger partial charge in [-0.2, -0.15) is 0 Å². The fourth-order valence-electron chi connectivity index (χ4n) is 2.89. The lowest BCUT2D eigenvalue weighted by molar-refractivity contribution is -0.121. The van der Waals surface area contributed by atoms with Crippen LogP contribution in [0.5, 0.6) is 0 Å². The van der Waals surface area contributed by atoms with Crippen LogP contribution in [0.25, 0.3) is 0 Å². The van der Waals surface area contributed by atoms with Gasteiger partial charge in [-0.1, -0.05) is 25.1 Å². The third-order valence-electron chi connectivity index (χ3n) is 4.33. The second-order valence-electron chi connectivity index (χ2n) is 6.28. The summed E-state index contributed by atoms with van der Waals surface area (Å²) >= 11 is 0. The highest BCUT2D eigenvalue weighted by Gasteiger charge is 2.21. The molecule has 0 spiro atoms. The average molecular weight is 334 g/mol. The van der Waals surface area contributed by atoms with E-state index in [1.54, 1.807) is 0 Å². The lowest BCUT2D eigenvalue weighted by Gasteiger charge is -2.28. The van der Waals surface area contributed by atoms with E-state index in [2.05, 4.69) is 17.1 Å². The van der Waals surface area contributed by atoms with Crippen LogP contribution < -0.4 is 5.32 Å². The molecular formula is C19H30N2O3. The number of carbonyl (C=O) groups is 1. The summed E-state index contributed by atoms with van der Waals surface area (Å²) < 4.78 is 11.3. The number of ether oxygens (including phenoxy) is 2. The van der Waals surface area contributed by atoms with E-state index in [4.69, 9.17) is 9.47 Å². The Morgan fingerprint density at radius 3 is 2.83 bits per heavy atom. The number of carbonyl (C=O) groups excluding carboxylic acids is 1. The van der Waals surface area contributed by atoms with Crippen LogP contribution in [0.4, 0.5) is 5.69 Å².